The lowest BCUT2D eigenvalue weighted by Gasteiger charge is -2.27. The largest absolute Gasteiger partial charge is 0.313 e. The first-order valence-electron chi connectivity index (χ1n) is 6.65. The molecule has 0 fully saturated rings. The van der Waals surface area contributed by atoms with Gasteiger partial charge in [0.1, 0.15) is 6.67 Å². The number of anilines is 1. The Morgan fingerprint density at radius 2 is 1.82 bits per heavy atom. The molecule has 4 rings (SSSR count). The molecule has 3 heterocycles. The van der Waals surface area contributed by atoms with Crippen molar-refractivity contribution in [3.05, 3.63) is 47.2 Å². The van der Waals surface area contributed by atoms with E-state index in [1.807, 2.05) is 30.3 Å². The second-order valence-corrected chi connectivity index (χ2v) is 6.57. The zero-order valence-electron chi connectivity index (χ0n) is 11.4. The Bertz CT molecular complexity index is 789. The van der Waals surface area contributed by atoms with E-state index in [4.69, 9.17) is 0 Å². The molecule has 22 heavy (non-hydrogen) atoms. The van der Waals surface area contributed by atoms with Crippen LogP contribution in [-0.2, 0) is 6.67 Å². The fourth-order valence-electron chi connectivity index (χ4n) is 2.26. The topological polar surface area (TPSA) is 59.7 Å². The molecular formula is C14H11BrN6S. The summed E-state index contributed by atoms with van der Waals surface area (Å²) in [5.74, 6) is 2.34. The number of benzene rings is 1. The summed E-state index contributed by atoms with van der Waals surface area (Å²) in [7, 11) is 0. The number of nitrogens with zero attached hydrogens (tertiary/aromatic N) is 6. The van der Waals surface area contributed by atoms with Crippen molar-refractivity contribution >= 4 is 33.6 Å². The van der Waals surface area contributed by atoms with Gasteiger partial charge in [-0.25, -0.2) is 9.97 Å². The molecule has 3 aromatic rings. The van der Waals surface area contributed by atoms with Gasteiger partial charge in [0.2, 0.25) is 5.95 Å². The summed E-state index contributed by atoms with van der Waals surface area (Å²) < 4.78 is 3.14. The van der Waals surface area contributed by atoms with Crippen LogP contribution in [0.3, 0.4) is 0 Å². The van der Waals surface area contributed by atoms with E-state index in [2.05, 4.69) is 45.6 Å². The molecule has 1 aliphatic rings. The molecule has 0 saturated carbocycles. The van der Waals surface area contributed by atoms with Crippen molar-refractivity contribution in [3.8, 4) is 11.4 Å². The van der Waals surface area contributed by atoms with Crippen LogP contribution in [0.4, 0.5) is 5.95 Å². The van der Waals surface area contributed by atoms with Gasteiger partial charge in [0.15, 0.2) is 11.0 Å². The van der Waals surface area contributed by atoms with Gasteiger partial charge < -0.3 is 4.90 Å². The summed E-state index contributed by atoms with van der Waals surface area (Å²) in [5, 5.41) is 9.54. The number of thioether (sulfide) groups is 1. The molecule has 0 N–H and O–H groups in total. The maximum absolute atomic E-state index is 4.34. The highest BCUT2D eigenvalue weighted by Crippen LogP contribution is 2.30. The Morgan fingerprint density at radius 1 is 1.05 bits per heavy atom. The van der Waals surface area contributed by atoms with Gasteiger partial charge in [0, 0.05) is 22.4 Å². The van der Waals surface area contributed by atoms with Crippen LogP contribution in [0.1, 0.15) is 0 Å². The zero-order valence-corrected chi connectivity index (χ0v) is 13.8. The van der Waals surface area contributed by atoms with Crippen molar-refractivity contribution in [2.75, 3.05) is 10.8 Å². The lowest BCUT2D eigenvalue weighted by molar-refractivity contribution is 0.597. The van der Waals surface area contributed by atoms with Crippen LogP contribution < -0.4 is 4.90 Å². The minimum Gasteiger partial charge on any atom is -0.313 e. The van der Waals surface area contributed by atoms with Crippen LogP contribution in [0.2, 0.25) is 0 Å². The lowest BCUT2D eigenvalue weighted by atomic mass is 10.2. The van der Waals surface area contributed by atoms with Crippen molar-refractivity contribution in [3.63, 3.8) is 0 Å². The molecule has 1 aliphatic heterocycles. The van der Waals surface area contributed by atoms with Crippen molar-refractivity contribution in [2.45, 2.75) is 11.8 Å². The summed E-state index contributed by atoms with van der Waals surface area (Å²) in [6.45, 7) is 0.644. The minimum absolute atomic E-state index is 0.644. The first-order valence-corrected chi connectivity index (χ1v) is 8.43. The molecule has 0 unspecified atom stereocenters. The third kappa shape index (κ3) is 2.48. The molecule has 0 atom stereocenters. The zero-order chi connectivity index (χ0) is 14.9. The second-order valence-electron chi connectivity index (χ2n) is 4.74. The third-order valence-corrected chi connectivity index (χ3v) is 4.85. The summed E-state index contributed by atoms with van der Waals surface area (Å²) in [4.78, 5) is 10.7. The normalized spacial score (nSPS) is 14.0. The summed E-state index contributed by atoms with van der Waals surface area (Å²) in [6.07, 6.45) is 3.51. The van der Waals surface area contributed by atoms with Crippen molar-refractivity contribution in [1.29, 1.82) is 0 Å². The fourth-order valence-corrected chi connectivity index (χ4v) is 3.39. The van der Waals surface area contributed by atoms with Crippen molar-refractivity contribution in [1.82, 2.24) is 24.7 Å². The lowest BCUT2D eigenvalue weighted by Crippen LogP contribution is -2.31. The molecule has 0 radical (unpaired) electrons. The number of rotatable bonds is 2. The average Bonchev–Trinajstić information content (AvgIpc) is 2.99. The summed E-state index contributed by atoms with van der Waals surface area (Å²) >= 11 is 5.09. The van der Waals surface area contributed by atoms with E-state index in [1.54, 1.807) is 24.2 Å². The van der Waals surface area contributed by atoms with Crippen LogP contribution in [0.25, 0.3) is 11.4 Å². The van der Waals surface area contributed by atoms with Gasteiger partial charge in [0.05, 0.1) is 5.88 Å². The van der Waals surface area contributed by atoms with E-state index in [9.17, 15) is 0 Å². The van der Waals surface area contributed by atoms with Gasteiger partial charge in [-0.3, -0.25) is 4.57 Å². The Morgan fingerprint density at radius 3 is 2.59 bits per heavy atom. The number of hydrogen-bond donors (Lipinski definition) is 0. The van der Waals surface area contributed by atoms with Crippen LogP contribution in [0.15, 0.2) is 52.4 Å². The minimum atomic E-state index is 0.644. The van der Waals surface area contributed by atoms with E-state index in [0.29, 0.717) is 6.67 Å². The van der Waals surface area contributed by atoms with Crippen LogP contribution >= 0.6 is 27.7 Å². The van der Waals surface area contributed by atoms with Crippen LogP contribution in [0.5, 0.6) is 0 Å². The quantitative estimate of drug-likeness (QED) is 0.686. The molecule has 8 heteroatoms. The molecule has 0 bridgehead atoms. The Balaban J connectivity index is 1.69. The van der Waals surface area contributed by atoms with Gasteiger partial charge in [-0.15, -0.1) is 10.2 Å². The second kappa shape index (κ2) is 5.69. The highest BCUT2D eigenvalue weighted by Gasteiger charge is 2.23. The maximum Gasteiger partial charge on any atom is 0.227 e. The van der Waals surface area contributed by atoms with E-state index in [-0.39, 0.29) is 0 Å². The highest BCUT2D eigenvalue weighted by molar-refractivity contribution is 9.10. The van der Waals surface area contributed by atoms with Crippen molar-refractivity contribution < 1.29 is 0 Å². The number of halogens is 1. The predicted octanol–water partition coefficient (Wildman–Crippen LogP) is 3.02. The molecule has 6 nitrogen and oxygen atoms in total. The van der Waals surface area contributed by atoms with Crippen molar-refractivity contribution in [2.24, 2.45) is 0 Å². The van der Waals surface area contributed by atoms with E-state index in [1.165, 1.54) is 0 Å². The van der Waals surface area contributed by atoms with Crippen LogP contribution in [-0.4, -0.2) is 30.6 Å². The number of fused-ring (bicyclic) bond motifs is 1. The number of aromatic nitrogens is 5. The predicted molar refractivity (Wildman–Crippen MR) is 88.4 cm³/mol. The first kappa shape index (κ1) is 13.7. The van der Waals surface area contributed by atoms with E-state index >= 15 is 0 Å². The van der Waals surface area contributed by atoms with Gasteiger partial charge in [-0.05, 0) is 18.2 Å². The van der Waals surface area contributed by atoms with Crippen LogP contribution in [0, 0.1) is 0 Å². The van der Waals surface area contributed by atoms with E-state index in [0.717, 1.165) is 32.8 Å². The molecular weight excluding hydrogens is 364 g/mol. The fraction of sp³-hybridized carbons (Fsp3) is 0.143. The molecule has 0 amide bonds. The summed E-state index contributed by atoms with van der Waals surface area (Å²) in [6, 6.07) is 9.89. The highest BCUT2D eigenvalue weighted by atomic mass is 79.9. The Kier molecular flexibility index (Phi) is 3.55. The molecule has 0 aliphatic carbocycles. The number of hydrogen-bond acceptors (Lipinski definition) is 6. The van der Waals surface area contributed by atoms with Gasteiger partial charge >= 0.3 is 0 Å². The third-order valence-electron chi connectivity index (χ3n) is 3.32. The van der Waals surface area contributed by atoms with Gasteiger partial charge in [-0.1, -0.05) is 39.8 Å². The smallest absolute Gasteiger partial charge is 0.227 e. The molecule has 0 spiro atoms. The molecule has 1 aromatic carbocycles. The maximum atomic E-state index is 4.34. The summed E-state index contributed by atoms with van der Waals surface area (Å²) in [5.41, 5.74) is 1.04. The SMILES string of the molecule is Brc1ccc(-c2nnc3n2CN(c2ncccn2)CS3)cc1. The first-order chi connectivity index (χ1) is 10.8. The monoisotopic (exact) mass is 374 g/mol. The standard InChI is InChI=1S/C14H11BrN6S/c15-11-4-2-10(3-5-11)12-18-19-14-21(12)8-20(9-22-14)13-16-6-1-7-17-13/h1-7H,8-9H2. The van der Waals surface area contributed by atoms with E-state index < -0.39 is 0 Å². The molecule has 2 aromatic heterocycles. The van der Waals surface area contributed by atoms with Gasteiger partial charge in [0.25, 0.3) is 0 Å². The van der Waals surface area contributed by atoms with Gasteiger partial charge in [-0.2, -0.15) is 0 Å². The molecule has 0 saturated heterocycles. The Hall–Kier alpha value is -1.93. The molecule has 110 valence electrons. The Labute approximate surface area is 139 Å². The average molecular weight is 375 g/mol.